The summed E-state index contributed by atoms with van der Waals surface area (Å²) in [6.07, 6.45) is 1.02. The van der Waals surface area contributed by atoms with Gasteiger partial charge in [-0.15, -0.1) is 0 Å². The third-order valence-corrected chi connectivity index (χ3v) is 2.46. The third-order valence-electron chi connectivity index (χ3n) is 1.55. The summed E-state index contributed by atoms with van der Waals surface area (Å²) in [6, 6.07) is 7.74. The molecule has 6 heteroatoms. The van der Waals surface area contributed by atoms with Crippen molar-refractivity contribution in [2.75, 3.05) is 0 Å². The van der Waals surface area contributed by atoms with Crippen LogP contribution in [0, 0.1) is 0 Å². The number of hydrogen-bond acceptors (Lipinski definition) is 4. The molecule has 1 aromatic rings. The quantitative estimate of drug-likeness (QED) is 0.257. The summed E-state index contributed by atoms with van der Waals surface area (Å²) in [7, 11) is -4.60. The van der Waals surface area contributed by atoms with Crippen LogP contribution in [0.15, 0.2) is 36.4 Å². The van der Waals surface area contributed by atoms with E-state index in [1.807, 2.05) is 0 Å². The number of carbonyl (C=O) groups is 1. The van der Waals surface area contributed by atoms with Gasteiger partial charge in [0, 0.05) is 0 Å². The molecule has 0 amide bonds. The van der Waals surface area contributed by atoms with E-state index in [1.165, 1.54) is 12.1 Å². The average molecular weight is 234 g/mol. The molecule has 15 heavy (non-hydrogen) atoms. The predicted molar refractivity (Wildman–Crippen MR) is 50.2 cm³/mol. The molecule has 0 N–H and O–H groups in total. The first-order valence-corrected chi connectivity index (χ1v) is 5.13. The zero-order chi connectivity index (χ0) is 10.6. The van der Waals surface area contributed by atoms with E-state index in [-0.39, 0.29) is 41.4 Å². The maximum Gasteiger partial charge on any atom is 1.00 e. The van der Waals surface area contributed by atoms with E-state index in [1.54, 1.807) is 18.2 Å². The van der Waals surface area contributed by atoms with Gasteiger partial charge in [0.15, 0.2) is 0 Å². The van der Waals surface area contributed by atoms with Crippen molar-refractivity contribution in [3.63, 3.8) is 0 Å². The van der Waals surface area contributed by atoms with Crippen LogP contribution in [0.3, 0.4) is 0 Å². The molecule has 0 radical (unpaired) electrons. The molecular formula is C9H7NaO4S. The van der Waals surface area contributed by atoms with Crippen LogP contribution in [0.2, 0.25) is 0 Å². The Balaban J connectivity index is 0.00000196. The molecule has 1 rings (SSSR count). The van der Waals surface area contributed by atoms with Gasteiger partial charge in [-0.25, -0.2) is 8.42 Å². The Morgan fingerprint density at radius 2 is 1.73 bits per heavy atom. The van der Waals surface area contributed by atoms with Gasteiger partial charge in [0.25, 0.3) is 0 Å². The molecule has 0 aliphatic rings. The Kier molecular flexibility index (Phi) is 6.00. The largest absolute Gasteiger partial charge is 1.00 e. The van der Waals surface area contributed by atoms with Gasteiger partial charge in [-0.05, 0) is 11.6 Å². The van der Waals surface area contributed by atoms with E-state index in [2.05, 4.69) is 0 Å². The minimum absolute atomic E-state index is 0. The van der Waals surface area contributed by atoms with E-state index >= 15 is 0 Å². The maximum absolute atomic E-state index is 10.7. The van der Waals surface area contributed by atoms with E-state index in [0.717, 1.165) is 6.08 Å². The Hall–Kier alpha value is -0.460. The van der Waals surface area contributed by atoms with E-state index < -0.39 is 15.0 Å². The fraction of sp³-hybridized carbons (Fsp3) is 0. The molecule has 0 saturated carbocycles. The normalized spacial score (nSPS) is 11.7. The van der Waals surface area contributed by atoms with Crippen LogP contribution >= 0.6 is 0 Å². The molecule has 0 fully saturated rings. The summed E-state index contributed by atoms with van der Waals surface area (Å²) in [5, 5.41) is 0. The van der Waals surface area contributed by atoms with E-state index in [0.29, 0.717) is 0 Å². The van der Waals surface area contributed by atoms with Crippen molar-refractivity contribution in [1.29, 1.82) is 0 Å². The molecule has 0 bridgehead atoms. The van der Waals surface area contributed by atoms with Crippen LogP contribution in [0.1, 0.15) is 5.56 Å². The van der Waals surface area contributed by atoms with Crippen molar-refractivity contribution in [3.8, 4) is 0 Å². The maximum atomic E-state index is 10.7. The van der Waals surface area contributed by atoms with Crippen LogP contribution in [0.25, 0.3) is 4.91 Å². The molecule has 0 unspecified atom stereocenters. The van der Waals surface area contributed by atoms with Crippen LogP contribution in [0.4, 0.5) is 0 Å². The Bertz CT molecular complexity index is 450. The first kappa shape index (κ1) is 14.5. The summed E-state index contributed by atoms with van der Waals surface area (Å²) in [5.41, 5.74) is 0.217. The summed E-state index contributed by atoms with van der Waals surface area (Å²) in [5.74, 6) is 0. The predicted octanol–water partition coefficient (Wildman–Crippen LogP) is -2.22. The zero-order valence-electron chi connectivity index (χ0n) is 8.08. The van der Waals surface area contributed by atoms with Gasteiger partial charge in [-0.3, -0.25) is 4.79 Å². The van der Waals surface area contributed by atoms with Crippen LogP contribution < -0.4 is 29.6 Å². The molecule has 1 aromatic carbocycles. The van der Waals surface area contributed by atoms with Gasteiger partial charge >= 0.3 is 29.6 Å². The Morgan fingerprint density at radius 3 is 2.13 bits per heavy atom. The topological polar surface area (TPSA) is 74.3 Å². The molecule has 0 aromatic heterocycles. The Labute approximate surface area is 110 Å². The van der Waals surface area contributed by atoms with Crippen molar-refractivity contribution in [2.45, 2.75) is 0 Å². The van der Waals surface area contributed by atoms with Crippen molar-refractivity contribution < 1.29 is 47.3 Å². The number of benzene rings is 1. The number of aldehydes is 1. The third kappa shape index (κ3) is 4.27. The zero-order valence-corrected chi connectivity index (χ0v) is 10.9. The second-order valence-corrected chi connectivity index (χ2v) is 3.84. The molecule has 74 valence electrons. The van der Waals surface area contributed by atoms with Crippen LogP contribution in [-0.4, -0.2) is 19.3 Å². The monoisotopic (exact) mass is 234 g/mol. The average Bonchev–Trinajstić information content (AvgIpc) is 2.14. The molecule has 0 aliphatic carbocycles. The molecule has 0 spiro atoms. The van der Waals surface area contributed by atoms with Gasteiger partial charge < -0.3 is 4.55 Å². The van der Waals surface area contributed by atoms with Crippen molar-refractivity contribution >= 4 is 21.3 Å². The fourth-order valence-corrected chi connectivity index (χ4v) is 1.64. The van der Waals surface area contributed by atoms with E-state index in [4.69, 9.17) is 0 Å². The first-order valence-electron chi connectivity index (χ1n) is 3.72. The summed E-state index contributed by atoms with van der Waals surface area (Å²) in [6.45, 7) is 0. The number of hydrogen-bond donors (Lipinski definition) is 0. The molecular weight excluding hydrogens is 227 g/mol. The summed E-state index contributed by atoms with van der Waals surface area (Å²) >= 11 is 0. The van der Waals surface area contributed by atoms with Gasteiger partial charge in [0.05, 0.1) is 4.91 Å². The second-order valence-electron chi connectivity index (χ2n) is 2.49. The van der Waals surface area contributed by atoms with Crippen LogP contribution in [0.5, 0.6) is 0 Å². The minimum Gasteiger partial charge on any atom is -0.744 e. The second kappa shape index (κ2) is 6.19. The van der Waals surface area contributed by atoms with Gasteiger partial charge in [0.2, 0.25) is 0 Å². The SMILES string of the molecule is O=CC=C(c1ccccc1)S(=O)(=O)[O-].[Na+]. The van der Waals surface area contributed by atoms with Gasteiger partial charge in [-0.1, -0.05) is 30.3 Å². The summed E-state index contributed by atoms with van der Waals surface area (Å²) in [4.78, 5) is 9.65. The van der Waals surface area contributed by atoms with Gasteiger partial charge in [-0.2, -0.15) is 0 Å². The molecule has 0 saturated heterocycles. The van der Waals surface area contributed by atoms with Crippen molar-refractivity contribution in [3.05, 3.63) is 42.0 Å². The molecule has 0 atom stereocenters. The van der Waals surface area contributed by atoms with E-state index in [9.17, 15) is 17.8 Å². The molecule has 0 heterocycles. The molecule has 4 nitrogen and oxygen atoms in total. The van der Waals surface area contributed by atoms with Crippen LogP contribution in [-0.2, 0) is 14.9 Å². The van der Waals surface area contributed by atoms with Gasteiger partial charge in [0.1, 0.15) is 16.4 Å². The molecule has 0 aliphatic heterocycles. The fourth-order valence-electron chi connectivity index (χ4n) is 0.988. The number of allylic oxidation sites excluding steroid dienone is 1. The van der Waals surface area contributed by atoms with Crippen molar-refractivity contribution in [1.82, 2.24) is 0 Å². The standard InChI is InChI=1S/C9H8O4S.Na/c10-7-6-9(14(11,12)13)8-4-2-1-3-5-8;/h1-7H,(H,11,12,13);/q;+1/p-1. The minimum atomic E-state index is -4.60. The summed E-state index contributed by atoms with van der Waals surface area (Å²) < 4.78 is 32.2. The number of carbonyl (C=O) groups excluding carboxylic acids is 1. The first-order chi connectivity index (χ1) is 6.55. The number of rotatable bonds is 3. The Morgan fingerprint density at radius 1 is 1.20 bits per heavy atom. The smallest absolute Gasteiger partial charge is 0.744 e. The van der Waals surface area contributed by atoms with Crippen molar-refractivity contribution in [2.24, 2.45) is 0 Å².